The number of carbonyl (C=O) groups excluding carboxylic acids is 1. The first-order valence-corrected chi connectivity index (χ1v) is 7.28. The van der Waals surface area contributed by atoms with Gasteiger partial charge in [-0.2, -0.15) is 13.2 Å². The van der Waals surface area contributed by atoms with Gasteiger partial charge in [-0.05, 0) is 29.1 Å². The lowest BCUT2D eigenvalue weighted by Gasteiger charge is -2.22. The summed E-state index contributed by atoms with van der Waals surface area (Å²) < 4.78 is 37.8. The molecule has 0 aliphatic rings. The molecule has 0 unspecified atom stereocenters. The van der Waals surface area contributed by atoms with E-state index in [-0.39, 0.29) is 6.54 Å². The van der Waals surface area contributed by atoms with E-state index < -0.39 is 17.9 Å². The van der Waals surface area contributed by atoms with Crippen molar-refractivity contribution in [1.82, 2.24) is 9.97 Å². The summed E-state index contributed by atoms with van der Waals surface area (Å²) in [6.07, 6.45) is -0.197. The third-order valence-corrected chi connectivity index (χ3v) is 3.67. The number of aromatic nitrogens is 2. The van der Waals surface area contributed by atoms with Crippen LogP contribution < -0.4 is 10.6 Å². The van der Waals surface area contributed by atoms with Crippen LogP contribution >= 0.6 is 0 Å². The van der Waals surface area contributed by atoms with E-state index in [4.69, 9.17) is 5.73 Å². The maximum absolute atomic E-state index is 12.6. The van der Waals surface area contributed by atoms with Gasteiger partial charge in [-0.25, -0.2) is 4.79 Å². The monoisotopic (exact) mass is 346 g/mol. The zero-order valence-corrected chi connectivity index (χ0v) is 12.9. The van der Waals surface area contributed by atoms with E-state index in [0.29, 0.717) is 16.6 Å². The van der Waals surface area contributed by atoms with Gasteiger partial charge in [-0.15, -0.1) is 0 Å². The van der Waals surface area contributed by atoms with Crippen molar-refractivity contribution in [2.45, 2.75) is 12.7 Å². The quantitative estimate of drug-likeness (QED) is 0.785. The van der Waals surface area contributed by atoms with Crippen molar-refractivity contribution in [2.24, 2.45) is 5.73 Å². The second-order valence-corrected chi connectivity index (χ2v) is 5.35. The fraction of sp³-hybridized carbons (Fsp3) is 0.118. The lowest BCUT2D eigenvalue weighted by atomic mass is 10.1. The number of nitrogens with two attached hydrogens (primary N) is 1. The molecule has 2 aromatic heterocycles. The summed E-state index contributed by atoms with van der Waals surface area (Å²) in [5.41, 5.74) is 5.43. The van der Waals surface area contributed by atoms with Crippen molar-refractivity contribution in [3.8, 4) is 0 Å². The Hall–Kier alpha value is -3.16. The van der Waals surface area contributed by atoms with E-state index >= 15 is 0 Å². The molecule has 0 spiro atoms. The van der Waals surface area contributed by atoms with E-state index in [9.17, 15) is 18.0 Å². The van der Waals surface area contributed by atoms with Gasteiger partial charge in [-0.1, -0.05) is 18.2 Å². The van der Waals surface area contributed by atoms with Gasteiger partial charge in [0, 0.05) is 24.0 Å². The number of urea groups is 1. The van der Waals surface area contributed by atoms with E-state index in [1.807, 2.05) is 6.07 Å². The minimum Gasteiger partial charge on any atom is -0.351 e. The van der Waals surface area contributed by atoms with Crippen LogP contribution in [-0.2, 0) is 12.7 Å². The molecule has 0 aliphatic carbocycles. The summed E-state index contributed by atoms with van der Waals surface area (Å²) >= 11 is 0. The molecule has 1 aromatic carbocycles. The molecule has 0 saturated heterocycles. The Morgan fingerprint density at radius 3 is 2.56 bits per heavy atom. The minimum absolute atomic E-state index is 0.00548. The normalized spacial score (nSPS) is 11.5. The van der Waals surface area contributed by atoms with Crippen LogP contribution in [0.25, 0.3) is 10.8 Å². The van der Waals surface area contributed by atoms with Crippen molar-refractivity contribution < 1.29 is 18.0 Å². The van der Waals surface area contributed by atoms with Crippen LogP contribution in [0.5, 0.6) is 0 Å². The highest BCUT2D eigenvalue weighted by Crippen LogP contribution is 2.29. The van der Waals surface area contributed by atoms with E-state index in [2.05, 4.69) is 9.97 Å². The van der Waals surface area contributed by atoms with Crippen LogP contribution in [0.2, 0.25) is 0 Å². The maximum Gasteiger partial charge on any atom is 0.433 e. The molecule has 0 saturated carbocycles. The van der Waals surface area contributed by atoms with E-state index in [1.165, 1.54) is 11.0 Å². The van der Waals surface area contributed by atoms with E-state index in [0.717, 1.165) is 17.6 Å². The summed E-state index contributed by atoms with van der Waals surface area (Å²) in [5.74, 6) is 0. The molecule has 0 aliphatic heterocycles. The van der Waals surface area contributed by atoms with Crippen LogP contribution in [0, 0.1) is 0 Å². The average Bonchev–Trinajstić information content (AvgIpc) is 2.59. The molecule has 128 valence electrons. The molecule has 0 radical (unpaired) electrons. The smallest absolute Gasteiger partial charge is 0.351 e. The minimum atomic E-state index is -4.51. The second-order valence-electron chi connectivity index (χ2n) is 5.35. The Bertz CT molecular complexity index is 904. The third kappa shape index (κ3) is 3.52. The largest absolute Gasteiger partial charge is 0.433 e. The van der Waals surface area contributed by atoms with Crippen molar-refractivity contribution in [2.75, 3.05) is 4.90 Å². The topological polar surface area (TPSA) is 72.1 Å². The first-order valence-electron chi connectivity index (χ1n) is 7.28. The Balaban J connectivity index is 1.96. The van der Waals surface area contributed by atoms with Gasteiger partial charge in [0.05, 0.1) is 12.2 Å². The van der Waals surface area contributed by atoms with Gasteiger partial charge in [0.25, 0.3) is 0 Å². The SMILES string of the molecule is NC(=O)N(Cc1ccc(C(F)(F)F)nc1)c1cccc2ccncc12. The Kier molecular flexibility index (Phi) is 4.26. The number of benzene rings is 1. The number of carbonyl (C=O) groups is 1. The molecule has 3 rings (SSSR count). The van der Waals surface area contributed by atoms with Crippen molar-refractivity contribution in [3.05, 3.63) is 66.2 Å². The lowest BCUT2D eigenvalue weighted by Crippen LogP contribution is -2.35. The van der Waals surface area contributed by atoms with E-state index in [1.54, 1.807) is 30.6 Å². The summed E-state index contributed by atoms with van der Waals surface area (Å²) in [6.45, 7) is -0.00548. The summed E-state index contributed by atoms with van der Waals surface area (Å²) in [4.78, 5) is 20.6. The number of fused-ring (bicyclic) bond motifs is 1. The van der Waals surface area contributed by atoms with Crippen molar-refractivity contribution in [3.63, 3.8) is 0 Å². The van der Waals surface area contributed by atoms with Gasteiger partial charge in [0.15, 0.2) is 0 Å². The zero-order valence-electron chi connectivity index (χ0n) is 12.9. The first-order chi connectivity index (χ1) is 11.9. The molecule has 5 nitrogen and oxygen atoms in total. The Labute approximate surface area is 140 Å². The average molecular weight is 346 g/mol. The predicted octanol–water partition coefficient (Wildman–Crippen LogP) is 3.73. The number of rotatable bonds is 3. The van der Waals surface area contributed by atoms with Gasteiger partial charge in [0.1, 0.15) is 5.69 Å². The fourth-order valence-electron chi connectivity index (χ4n) is 2.48. The maximum atomic E-state index is 12.6. The molecule has 2 amide bonds. The second kappa shape index (κ2) is 6.39. The molecular weight excluding hydrogens is 333 g/mol. The van der Waals surface area contributed by atoms with Gasteiger partial charge >= 0.3 is 12.2 Å². The number of amides is 2. The van der Waals surface area contributed by atoms with Gasteiger partial charge < -0.3 is 5.73 Å². The first kappa shape index (κ1) is 16.7. The Morgan fingerprint density at radius 1 is 1.12 bits per heavy atom. The molecule has 2 N–H and O–H groups in total. The number of pyridine rings is 2. The highest BCUT2D eigenvalue weighted by Gasteiger charge is 2.32. The number of nitrogens with zero attached hydrogens (tertiary/aromatic N) is 3. The number of primary amides is 1. The fourth-order valence-corrected chi connectivity index (χ4v) is 2.48. The molecule has 2 heterocycles. The number of anilines is 1. The van der Waals surface area contributed by atoms with Crippen LogP contribution in [0.15, 0.2) is 55.0 Å². The van der Waals surface area contributed by atoms with Gasteiger partial charge in [0.2, 0.25) is 0 Å². The third-order valence-electron chi connectivity index (χ3n) is 3.67. The summed E-state index contributed by atoms with van der Waals surface area (Å²) in [7, 11) is 0. The van der Waals surface area contributed by atoms with Crippen molar-refractivity contribution >= 4 is 22.5 Å². The lowest BCUT2D eigenvalue weighted by molar-refractivity contribution is -0.141. The van der Waals surface area contributed by atoms with Crippen LogP contribution in [0.3, 0.4) is 0 Å². The Morgan fingerprint density at radius 2 is 1.92 bits per heavy atom. The number of halogens is 3. The molecule has 0 bridgehead atoms. The van der Waals surface area contributed by atoms with Gasteiger partial charge in [-0.3, -0.25) is 14.9 Å². The number of hydrogen-bond acceptors (Lipinski definition) is 3. The highest BCUT2D eigenvalue weighted by atomic mass is 19.4. The van der Waals surface area contributed by atoms with Crippen molar-refractivity contribution in [1.29, 1.82) is 0 Å². The highest BCUT2D eigenvalue weighted by molar-refractivity contribution is 6.02. The zero-order chi connectivity index (χ0) is 18.0. The summed E-state index contributed by atoms with van der Waals surface area (Å²) in [6, 6.07) is 8.53. The number of alkyl halides is 3. The molecule has 3 aromatic rings. The molecular formula is C17H13F3N4O. The van der Waals surface area contributed by atoms with Crippen LogP contribution in [-0.4, -0.2) is 16.0 Å². The predicted molar refractivity (Wildman–Crippen MR) is 86.7 cm³/mol. The number of hydrogen-bond donors (Lipinski definition) is 1. The van der Waals surface area contributed by atoms with Crippen LogP contribution in [0.1, 0.15) is 11.3 Å². The van der Waals surface area contributed by atoms with Crippen LogP contribution in [0.4, 0.5) is 23.7 Å². The molecule has 8 heteroatoms. The molecule has 0 fully saturated rings. The standard InChI is InChI=1S/C17H13F3N4O/c18-17(19,20)15-5-4-11(8-23-15)10-24(16(21)25)14-3-1-2-12-6-7-22-9-13(12)14/h1-9H,10H2,(H2,21,25). The molecule has 25 heavy (non-hydrogen) atoms. The molecule has 0 atom stereocenters. The summed E-state index contributed by atoms with van der Waals surface area (Å²) in [5, 5.41) is 1.58.